The number of benzene rings is 1. The first-order valence-corrected chi connectivity index (χ1v) is 5.29. The summed E-state index contributed by atoms with van der Waals surface area (Å²) in [7, 11) is 0. The van der Waals surface area contributed by atoms with Crippen molar-refractivity contribution in [2.45, 2.75) is 6.61 Å². The van der Waals surface area contributed by atoms with Crippen LogP contribution in [0.5, 0.6) is 0 Å². The summed E-state index contributed by atoms with van der Waals surface area (Å²) in [6.07, 6.45) is 1.84. The first-order chi connectivity index (χ1) is 6.79. The zero-order valence-corrected chi connectivity index (χ0v) is 9.55. The molecule has 0 spiro atoms. The molecule has 14 heavy (non-hydrogen) atoms. The average Bonchev–Trinajstić information content (AvgIpc) is 2.66. The maximum absolute atomic E-state index is 8.88. The Bertz CT molecular complexity index is 439. The van der Waals surface area contributed by atoms with Gasteiger partial charge in [-0.2, -0.15) is 5.10 Å². The Labute approximate surface area is 95.5 Å². The molecule has 0 bridgehead atoms. The van der Waals surface area contributed by atoms with E-state index in [1.165, 1.54) is 3.57 Å². The second-order valence-corrected chi connectivity index (χ2v) is 4.14. The summed E-state index contributed by atoms with van der Waals surface area (Å²) in [6.45, 7) is -0.0169. The molecule has 1 N–H and O–H groups in total. The SMILES string of the molecule is OCc1ccn(-c2cccc(I)c2)n1. The molecule has 0 unspecified atom stereocenters. The molecule has 0 atom stereocenters. The van der Waals surface area contributed by atoms with Crippen molar-refractivity contribution in [1.29, 1.82) is 0 Å². The van der Waals surface area contributed by atoms with Crippen molar-refractivity contribution in [1.82, 2.24) is 9.78 Å². The summed E-state index contributed by atoms with van der Waals surface area (Å²) in [5, 5.41) is 13.1. The highest BCUT2D eigenvalue weighted by Crippen LogP contribution is 2.11. The van der Waals surface area contributed by atoms with Crippen molar-refractivity contribution in [3.05, 3.63) is 45.8 Å². The predicted molar refractivity (Wildman–Crippen MR) is 62.2 cm³/mol. The fourth-order valence-electron chi connectivity index (χ4n) is 1.21. The topological polar surface area (TPSA) is 38.0 Å². The second kappa shape index (κ2) is 4.10. The lowest BCUT2D eigenvalue weighted by Crippen LogP contribution is -1.96. The second-order valence-electron chi connectivity index (χ2n) is 2.89. The molecule has 0 aliphatic heterocycles. The number of aliphatic hydroxyl groups excluding tert-OH is 1. The van der Waals surface area contributed by atoms with Crippen LogP contribution < -0.4 is 0 Å². The van der Waals surface area contributed by atoms with Gasteiger partial charge in [-0.1, -0.05) is 6.07 Å². The molecule has 3 nitrogen and oxygen atoms in total. The molecule has 0 aliphatic rings. The highest BCUT2D eigenvalue weighted by Gasteiger charge is 1.99. The van der Waals surface area contributed by atoms with Crippen LogP contribution in [-0.2, 0) is 6.61 Å². The number of nitrogens with zero attached hydrogens (tertiary/aromatic N) is 2. The van der Waals surface area contributed by atoms with Crippen molar-refractivity contribution in [2.24, 2.45) is 0 Å². The van der Waals surface area contributed by atoms with E-state index >= 15 is 0 Å². The van der Waals surface area contributed by atoms with Gasteiger partial charge in [0.25, 0.3) is 0 Å². The zero-order valence-electron chi connectivity index (χ0n) is 7.39. The van der Waals surface area contributed by atoms with Crippen LogP contribution in [0.2, 0.25) is 0 Å². The van der Waals surface area contributed by atoms with E-state index < -0.39 is 0 Å². The van der Waals surface area contributed by atoms with Crippen LogP contribution in [0.15, 0.2) is 36.5 Å². The Morgan fingerprint density at radius 2 is 2.21 bits per heavy atom. The van der Waals surface area contributed by atoms with Gasteiger partial charge in [0.15, 0.2) is 0 Å². The average molecular weight is 300 g/mol. The van der Waals surface area contributed by atoms with Crippen LogP contribution in [-0.4, -0.2) is 14.9 Å². The Morgan fingerprint density at radius 1 is 1.36 bits per heavy atom. The standard InChI is InChI=1S/C10H9IN2O/c11-8-2-1-3-10(6-8)13-5-4-9(7-14)12-13/h1-6,14H,7H2. The summed E-state index contributed by atoms with van der Waals surface area (Å²) in [5.74, 6) is 0. The van der Waals surface area contributed by atoms with Gasteiger partial charge in [-0.3, -0.25) is 0 Å². The van der Waals surface area contributed by atoms with Gasteiger partial charge in [-0.05, 0) is 46.9 Å². The van der Waals surface area contributed by atoms with Crippen LogP contribution in [0, 0.1) is 3.57 Å². The minimum absolute atomic E-state index is 0.0169. The number of hydrogen-bond acceptors (Lipinski definition) is 2. The highest BCUT2D eigenvalue weighted by molar-refractivity contribution is 14.1. The number of halogens is 1. The van der Waals surface area contributed by atoms with Gasteiger partial charge in [0.05, 0.1) is 18.0 Å². The minimum Gasteiger partial charge on any atom is -0.390 e. The lowest BCUT2D eigenvalue weighted by Gasteiger charge is -2.00. The third-order valence-electron chi connectivity index (χ3n) is 1.88. The third kappa shape index (κ3) is 1.96. The van der Waals surface area contributed by atoms with E-state index in [0.717, 1.165) is 5.69 Å². The van der Waals surface area contributed by atoms with Gasteiger partial charge >= 0.3 is 0 Å². The fourth-order valence-corrected chi connectivity index (χ4v) is 1.74. The molecule has 1 aromatic carbocycles. The van der Waals surface area contributed by atoms with E-state index in [2.05, 4.69) is 27.7 Å². The Morgan fingerprint density at radius 3 is 2.86 bits per heavy atom. The van der Waals surface area contributed by atoms with Crippen molar-refractivity contribution in [3.63, 3.8) is 0 Å². The van der Waals surface area contributed by atoms with E-state index in [-0.39, 0.29) is 6.61 Å². The summed E-state index contributed by atoms with van der Waals surface area (Å²) in [6, 6.07) is 9.84. The van der Waals surface area contributed by atoms with E-state index in [1.54, 1.807) is 10.7 Å². The summed E-state index contributed by atoms with van der Waals surface area (Å²) >= 11 is 2.26. The van der Waals surface area contributed by atoms with E-state index in [1.807, 2.05) is 30.5 Å². The molecule has 1 aromatic heterocycles. The van der Waals surface area contributed by atoms with Crippen molar-refractivity contribution >= 4 is 22.6 Å². The molecule has 1 heterocycles. The van der Waals surface area contributed by atoms with E-state index in [0.29, 0.717) is 5.69 Å². The predicted octanol–water partition coefficient (Wildman–Crippen LogP) is 1.97. The quantitative estimate of drug-likeness (QED) is 0.861. The molecular formula is C10H9IN2O. The van der Waals surface area contributed by atoms with E-state index in [4.69, 9.17) is 5.11 Å². The monoisotopic (exact) mass is 300 g/mol. The largest absolute Gasteiger partial charge is 0.390 e. The van der Waals surface area contributed by atoms with Crippen LogP contribution in [0.25, 0.3) is 5.69 Å². The molecule has 0 saturated carbocycles. The van der Waals surface area contributed by atoms with Crippen molar-refractivity contribution in [3.8, 4) is 5.69 Å². The Hall–Kier alpha value is -0.880. The minimum atomic E-state index is -0.0169. The smallest absolute Gasteiger partial charge is 0.0883 e. The van der Waals surface area contributed by atoms with Crippen molar-refractivity contribution in [2.75, 3.05) is 0 Å². The summed E-state index contributed by atoms with van der Waals surface area (Å²) in [5.41, 5.74) is 1.69. The molecule has 0 radical (unpaired) electrons. The van der Waals surface area contributed by atoms with Crippen LogP contribution in [0.1, 0.15) is 5.69 Å². The normalized spacial score (nSPS) is 10.4. The van der Waals surface area contributed by atoms with Gasteiger partial charge in [0, 0.05) is 9.77 Å². The summed E-state index contributed by atoms with van der Waals surface area (Å²) < 4.78 is 2.93. The first-order valence-electron chi connectivity index (χ1n) is 4.21. The molecular weight excluding hydrogens is 291 g/mol. The van der Waals surface area contributed by atoms with Gasteiger partial charge in [0.1, 0.15) is 0 Å². The maximum Gasteiger partial charge on any atom is 0.0883 e. The number of hydrogen-bond donors (Lipinski definition) is 1. The van der Waals surface area contributed by atoms with E-state index in [9.17, 15) is 0 Å². The zero-order chi connectivity index (χ0) is 9.97. The lowest BCUT2D eigenvalue weighted by molar-refractivity contribution is 0.276. The first kappa shape index (κ1) is 9.67. The van der Waals surface area contributed by atoms with Gasteiger partial charge < -0.3 is 5.11 Å². The molecule has 4 heteroatoms. The Balaban J connectivity index is 2.39. The summed E-state index contributed by atoms with van der Waals surface area (Å²) in [4.78, 5) is 0. The fraction of sp³-hybridized carbons (Fsp3) is 0.100. The highest BCUT2D eigenvalue weighted by atomic mass is 127. The molecule has 72 valence electrons. The van der Waals surface area contributed by atoms with Crippen molar-refractivity contribution < 1.29 is 5.11 Å². The van der Waals surface area contributed by atoms with Crippen LogP contribution in [0.3, 0.4) is 0 Å². The lowest BCUT2D eigenvalue weighted by atomic mass is 10.3. The molecule has 2 rings (SSSR count). The van der Waals surface area contributed by atoms with Crippen LogP contribution >= 0.6 is 22.6 Å². The molecule has 2 aromatic rings. The third-order valence-corrected chi connectivity index (χ3v) is 2.55. The molecule has 0 amide bonds. The van der Waals surface area contributed by atoms with Crippen LogP contribution in [0.4, 0.5) is 0 Å². The molecule has 0 saturated heterocycles. The van der Waals surface area contributed by atoms with Gasteiger partial charge in [-0.25, -0.2) is 4.68 Å². The maximum atomic E-state index is 8.88. The van der Waals surface area contributed by atoms with Gasteiger partial charge in [0.2, 0.25) is 0 Å². The van der Waals surface area contributed by atoms with Gasteiger partial charge in [-0.15, -0.1) is 0 Å². The number of rotatable bonds is 2. The number of aromatic nitrogens is 2. The number of aliphatic hydroxyl groups is 1. The molecule has 0 aliphatic carbocycles. The Kier molecular flexibility index (Phi) is 2.83. The molecule has 0 fully saturated rings.